The lowest BCUT2D eigenvalue weighted by atomic mass is 10.0. The van der Waals surface area contributed by atoms with Gasteiger partial charge >= 0.3 is 5.91 Å². The molecule has 1 N–H and O–H groups in total. The minimum atomic E-state index is -0.391. The average Bonchev–Trinajstić information content (AvgIpc) is 2.70. The molecule has 0 saturated heterocycles. The molecule has 0 spiro atoms. The standard InChI is InChI=1S/C26H51ClNO2.ClH/c1-5-7-8-9-10-11-12-13-14-15-16-17-18-19-25(27)23-26(30)28(4,21-6-2)22-20-24(3)29;/h6,24-25,29H,2,5,7-23H2,1,3-4H3;1H/q+1;/p-1. The molecule has 0 aliphatic heterocycles. The van der Waals surface area contributed by atoms with Crippen LogP contribution in [0, 0.1) is 0 Å². The Hall–Kier alpha value is -0.0900. The molecule has 0 heterocycles. The van der Waals surface area contributed by atoms with Crippen LogP contribution in [0.3, 0.4) is 0 Å². The van der Waals surface area contributed by atoms with Crippen LogP contribution < -0.4 is 12.4 Å². The van der Waals surface area contributed by atoms with Crippen molar-refractivity contribution in [2.75, 3.05) is 20.1 Å². The number of rotatable bonds is 21. The van der Waals surface area contributed by atoms with Crippen LogP contribution in [0.5, 0.6) is 0 Å². The van der Waals surface area contributed by atoms with Gasteiger partial charge in [0.2, 0.25) is 0 Å². The SMILES string of the molecule is C=CC[N+](C)(CCC(C)O)C(=O)CC(Cl)CCCCCCCCCCCCCCC.[Cl-]. The van der Waals surface area contributed by atoms with Gasteiger partial charge in [-0.1, -0.05) is 97.0 Å². The third-order valence-corrected chi connectivity index (χ3v) is 6.56. The third-order valence-electron chi connectivity index (χ3n) is 6.19. The zero-order chi connectivity index (χ0) is 22.7. The number of halogens is 2. The number of likely N-dealkylation sites (N-methyl/N-ethyl adjacent to an activating group) is 1. The number of unbranched alkanes of at least 4 members (excludes halogenated alkanes) is 12. The largest absolute Gasteiger partial charge is 1.00 e. The number of alkyl halides is 1. The molecular formula is C26H51Cl2NO2. The molecule has 0 bridgehead atoms. The number of aliphatic hydroxyl groups is 1. The maximum atomic E-state index is 12.8. The van der Waals surface area contributed by atoms with Gasteiger partial charge in [0.05, 0.1) is 26.1 Å². The maximum Gasteiger partial charge on any atom is 0.315 e. The monoisotopic (exact) mass is 479 g/mol. The topological polar surface area (TPSA) is 37.3 Å². The predicted octanol–water partition coefficient (Wildman–Crippen LogP) is 4.40. The molecule has 0 aliphatic rings. The number of carbonyl (C=O) groups excluding carboxylic acids is 1. The van der Waals surface area contributed by atoms with Gasteiger partial charge in [0.15, 0.2) is 0 Å². The van der Waals surface area contributed by atoms with E-state index in [0.29, 0.717) is 25.9 Å². The van der Waals surface area contributed by atoms with E-state index >= 15 is 0 Å². The molecule has 1 amide bonds. The molecule has 0 aromatic carbocycles. The summed E-state index contributed by atoms with van der Waals surface area (Å²) in [5.74, 6) is 0.158. The summed E-state index contributed by atoms with van der Waals surface area (Å²) in [5.41, 5.74) is 0. The lowest BCUT2D eigenvalue weighted by Crippen LogP contribution is -3.00. The average molecular weight is 481 g/mol. The summed E-state index contributed by atoms with van der Waals surface area (Å²) in [6.07, 6.45) is 20.8. The Morgan fingerprint density at radius 2 is 1.39 bits per heavy atom. The lowest BCUT2D eigenvalue weighted by molar-refractivity contribution is -0.829. The van der Waals surface area contributed by atoms with Crippen molar-refractivity contribution in [1.29, 1.82) is 0 Å². The van der Waals surface area contributed by atoms with E-state index < -0.39 is 6.10 Å². The quantitative estimate of drug-likeness (QED) is 0.114. The fourth-order valence-corrected chi connectivity index (χ4v) is 4.26. The maximum absolute atomic E-state index is 12.8. The van der Waals surface area contributed by atoms with Gasteiger partial charge in [-0.3, -0.25) is 4.48 Å². The van der Waals surface area contributed by atoms with E-state index in [4.69, 9.17) is 11.6 Å². The van der Waals surface area contributed by atoms with Crippen LogP contribution in [0.25, 0.3) is 0 Å². The Morgan fingerprint density at radius 1 is 0.935 bits per heavy atom. The minimum absolute atomic E-state index is 0. The third kappa shape index (κ3) is 19.1. The number of amides is 1. The molecule has 0 fully saturated rings. The van der Waals surface area contributed by atoms with Crippen molar-refractivity contribution in [2.24, 2.45) is 0 Å². The van der Waals surface area contributed by atoms with Crippen LogP contribution in [-0.4, -0.2) is 47.1 Å². The second-order valence-corrected chi connectivity index (χ2v) is 10.1. The number of carbonyl (C=O) groups is 1. The molecule has 5 heteroatoms. The van der Waals surface area contributed by atoms with Gasteiger partial charge in [0, 0.05) is 11.8 Å². The fourth-order valence-electron chi connectivity index (χ4n) is 3.97. The second kappa shape index (κ2) is 21.7. The Bertz CT molecular complexity index is 432. The molecule has 3 nitrogen and oxygen atoms in total. The summed E-state index contributed by atoms with van der Waals surface area (Å²) in [7, 11) is 1.93. The van der Waals surface area contributed by atoms with Crippen molar-refractivity contribution in [3.63, 3.8) is 0 Å². The van der Waals surface area contributed by atoms with Gasteiger partial charge in [-0.05, 0) is 19.4 Å². The number of aliphatic hydroxyl groups excluding tert-OH is 1. The van der Waals surface area contributed by atoms with Crippen molar-refractivity contribution in [2.45, 2.75) is 128 Å². The van der Waals surface area contributed by atoms with E-state index in [-0.39, 0.29) is 28.2 Å². The van der Waals surface area contributed by atoms with Gasteiger partial charge in [0.1, 0.15) is 6.54 Å². The Morgan fingerprint density at radius 3 is 1.81 bits per heavy atom. The van der Waals surface area contributed by atoms with Gasteiger partial charge in [-0.15, -0.1) is 11.6 Å². The number of hydrogen-bond acceptors (Lipinski definition) is 2. The molecule has 31 heavy (non-hydrogen) atoms. The molecular weight excluding hydrogens is 429 g/mol. The predicted molar refractivity (Wildman–Crippen MR) is 132 cm³/mol. The highest BCUT2D eigenvalue weighted by molar-refractivity contribution is 6.21. The molecule has 0 saturated carbocycles. The molecule has 0 aromatic rings. The highest BCUT2D eigenvalue weighted by Gasteiger charge is 2.31. The molecule has 0 rings (SSSR count). The summed E-state index contributed by atoms with van der Waals surface area (Å²) >= 11 is 6.48. The van der Waals surface area contributed by atoms with Crippen molar-refractivity contribution in [3.8, 4) is 0 Å². The zero-order valence-electron chi connectivity index (χ0n) is 20.7. The van der Waals surface area contributed by atoms with E-state index in [9.17, 15) is 9.90 Å². The second-order valence-electron chi connectivity index (χ2n) is 9.45. The minimum Gasteiger partial charge on any atom is -1.00 e. The van der Waals surface area contributed by atoms with Crippen molar-refractivity contribution >= 4 is 17.5 Å². The first kappa shape index (κ1) is 33.1. The van der Waals surface area contributed by atoms with Crippen LogP contribution >= 0.6 is 11.6 Å². The normalized spacial score (nSPS) is 15.0. The van der Waals surface area contributed by atoms with E-state index in [1.54, 1.807) is 13.0 Å². The van der Waals surface area contributed by atoms with Crippen LogP contribution in [0.15, 0.2) is 12.7 Å². The summed E-state index contributed by atoms with van der Waals surface area (Å²) < 4.78 is 0.288. The molecule has 0 aliphatic carbocycles. The highest BCUT2D eigenvalue weighted by Crippen LogP contribution is 2.19. The van der Waals surface area contributed by atoms with Gasteiger partial charge < -0.3 is 17.5 Å². The van der Waals surface area contributed by atoms with E-state index in [2.05, 4.69) is 13.5 Å². The van der Waals surface area contributed by atoms with Crippen LogP contribution in [0.1, 0.15) is 117 Å². The molecule has 3 unspecified atom stereocenters. The molecule has 3 atom stereocenters. The smallest absolute Gasteiger partial charge is 0.315 e. The summed E-state index contributed by atoms with van der Waals surface area (Å²) in [5, 5.41) is 9.48. The highest BCUT2D eigenvalue weighted by atomic mass is 35.5. The van der Waals surface area contributed by atoms with Gasteiger partial charge in [-0.2, -0.15) is 0 Å². The Balaban J connectivity index is 0. The van der Waals surface area contributed by atoms with Gasteiger partial charge in [0.25, 0.3) is 0 Å². The van der Waals surface area contributed by atoms with Crippen molar-refractivity contribution in [1.82, 2.24) is 0 Å². The first-order valence-electron chi connectivity index (χ1n) is 12.7. The first-order chi connectivity index (χ1) is 14.4. The Kier molecular flexibility index (Phi) is 23.2. The summed E-state index contributed by atoms with van der Waals surface area (Å²) in [4.78, 5) is 12.8. The molecule has 186 valence electrons. The number of quaternary nitrogens is 1. The van der Waals surface area contributed by atoms with Crippen molar-refractivity contribution in [3.05, 3.63) is 12.7 Å². The van der Waals surface area contributed by atoms with E-state index in [1.807, 2.05) is 7.05 Å². The Labute approximate surface area is 205 Å². The van der Waals surface area contributed by atoms with Crippen LogP contribution in [0.2, 0.25) is 0 Å². The number of hydrogen-bond donors (Lipinski definition) is 1. The van der Waals surface area contributed by atoms with Crippen LogP contribution in [0.4, 0.5) is 0 Å². The van der Waals surface area contributed by atoms with Crippen LogP contribution in [-0.2, 0) is 4.79 Å². The summed E-state index contributed by atoms with van der Waals surface area (Å²) in [6, 6.07) is 0. The van der Waals surface area contributed by atoms with Crippen molar-refractivity contribution < 1.29 is 26.8 Å². The lowest BCUT2D eigenvalue weighted by Gasteiger charge is -2.31. The first-order valence-corrected chi connectivity index (χ1v) is 13.1. The van der Waals surface area contributed by atoms with E-state index in [1.165, 1.54) is 77.0 Å². The summed E-state index contributed by atoms with van der Waals surface area (Å²) in [6.45, 7) is 9.05. The fraction of sp³-hybridized carbons (Fsp3) is 0.885. The van der Waals surface area contributed by atoms with E-state index in [0.717, 1.165) is 12.8 Å². The molecule has 0 aromatic heterocycles. The molecule has 0 radical (unpaired) electrons. The zero-order valence-corrected chi connectivity index (χ0v) is 22.2. The van der Waals surface area contributed by atoms with Gasteiger partial charge in [-0.25, -0.2) is 4.79 Å². The number of nitrogens with zero attached hydrogens (tertiary/aromatic N) is 1.